The molecule has 0 radical (unpaired) electrons. The Morgan fingerprint density at radius 3 is 2.57 bits per heavy atom. The summed E-state index contributed by atoms with van der Waals surface area (Å²) < 4.78 is 1.45. The zero-order chi connectivity index (χ0) is 10.0. The molecular formula is C8H14N4O2. The number of rotatable bonds is 2. The lowest BCUT2D eigenvalue weighted by Crippen LogP contribution is -1.98. The fraction of sp³-hybridized carbons (Fsp3) is 0.375. The first kappa shape index (κ1) is 12.3. The van der Waals surface area contributed by atoms with Crippen LogP contribution in [0.1, 0.15) is 19.7 Å². The summed E-state index contributed by atoms with van der Waals surface area (Å²) in [6.45, 7) is 3.83. The first-order valence-electron chi connectivity index (χ1n) is 3.83. The molecule has 0 saturated heterocycles. The largest absolute Gasteiger partial charge is 0.358 e. The van der Waals surface area contributed by atoms with Crippen molar-refractivity contribution in [3.05, 3.63) is 27.7 Å². The Kier molecular flexibility index (Phi) is 3.97. The second kappa shape index (κ2) is 4.52. The van der Waals surface area contributed by atoms with Crippen LogP contribution in [0.5, 0.6) is 0 Å². The lowest BCUT2D eigenvalue weighted by Gasteiger charge is -1.94. The summed E-state index contributed by atoms with van der Waals surface area (Å²) in [5, 5.41) is 10.4. The first-order valence-corrected chi connectivity index (χ1v) is 3.83. The molecule has 6 heteroatoms. The Balaban J connectivity index is 0.00000169. The van der Waals surface area contributed by atoms with Crippen LogP contribution in [-0.2, 0) is 7.05 Å². The van der Waals surface area contributed by atoms with Gasteiger partial charge in [-0.25, -0.2) is 9.55 Å². The monoisotopic (exact) mass is 198 g/mol. The third kappa shape index (κ3) is 2.40. The molecule has 1 heterocycles. The van der Waals surface area contributed by atoms with Gasteiger partial charge in [0.25, 0.3) is 0 Å². The van der Waals surface area contributed by atoms with Crippen LogP contribution in [0.15, 0.2) is 11.8 Å². The molecule has 78 valence electrons. The molecule has 0 amide bonds. The van der Waals surface area contributed by atoms with Crippen molar-refractivity contribution in [1.82, 2.24) is 15.7 Å². The molecule has 6 nitrogen and oxygen atoms in total. The minimum Gasteiger partial charge on any atom is -0.358 e. The van der Waals surface area contributed by atoms with E-state index in [9.17, 15) is 10.1 Å². The van der Waals surface area contributed by atoms with Crippen LogP contribution < -0.4 is 6.15 Å². The predicted molar refractivity (Wildman–Crippen MR) is 54.2 cm³/mol. The number of nitro groups is 1. The molecule has 14 heavy (non-hydrogen) atoms. The van der Waals surface area contributed by atoms with Gasteiger partial charge in [0.2, 0.25) is 5.82 Å². The Morgan fingerprint density at radius 1 is 1.64 bits per heavy atom. The molecule has 0 aromatic carbocycles. The van der Waals surface area contributed by atoms with E-state index in [1.54, 1.807) is 13.1 Å². The second-order valence-corrected chi connectivity index (χ2v) is 3.01. The van der Waals surface area contributed by atoms with Crippen LogP contribution in [0.25, 0.3) is 6.08 Å². The molecule has 1 aromatic heterocycles. The van der Waals surface area contributed by atoms with Gasteiger partial charge in [-0.05, 0) is 18.8 Å². The third-order valence-electron chi connectivity index (χ3n) is 1.60. The Bertz CT molecular complexity index is 363. The van der Waals surface area contributed by atoms with Gasteiger partial charge in [-0.15, -0.1) is 0 Å². The van der Waals surface area contributed by atoms with E-state index in [1.807, 2.05) is 13.8 Å². The summed E-state index contributed by atoms with van der Waals surface area (Å²) in [4.78, 5) is 13.9. The van der Waals surface area contributed by atoms with Gasteiger partial charge in [0.1, 0.15) is 6.20 Å². The van der Waals surface area contributed by atoms with E-state index < -0.39 is 4.92 Å². The van der Waals surface area contributed by atoms with Gasteiger partial charge >= 0.3 is 5.82 Å². The highest BCUT2D eigenvalue weighted by molar-refractivity contribution is 5.46. The van der Waals surface area contributed by atoms with Crippen molar-refractivity contribution in [3.63, 3.8) is 0 Å². The number of hydrogen-bond donors (Lipinski definition) is 1. The number of hydrogen-bond acceptors (Lipinski definition) is 4. The minimum atomic E-state index is -0.449. The van der Waals surface area contributed by atoms with Crippen molar-refractivity contribution in [2.45, 2.75) is 13.8 Å². The molecule has 0 atom stereocenters. The first-order chi connectivity index (χ1) is 6.02. The van der Waals surface area contributed by atoms with Crippen LogP contribution in [0, 0.1) is 10.1 Å². The molecule has 0 aliphatic rings. The average Bonchev–Trinajstić information content (AvgIpc) is 2.32. The minimum absolute atomic E-state index is 0. The van der Waals surface area contributed by atoms with Gasteiger partial charge in [-0.2, -0.15) is 0 Å². The second-order valence-electron chi connectivity index (χ2n) is 3.01. The number of allylic oxidation sites excluding steroid dienone is 1. The van der Waals surface area contributed by atoms with E-state index in [4.69, 9.17) is 0 Å². The summed E-state index contributed by atoms with van der Waals surface area (Å²) in [6.07, 6.45) is 3.06. The summed E-state index contributed by atoms with van der Waals surface area (Å²) in [7, 11) is 1.62. The number of imidazole rings is 1. The molecule has 1 aromatic rings. The van der Waals surface area contributed by atoms with Crippen molar-refractivity contribution >= 4 is 11.9 Å². The molecule has 0 bridgehead atoms. The van der Waals surface area contributed by atoms with Crippen molar-refractivity contribution in [3.8, 4) is 0 Å². The van der Waals surface area contributed by atoms with Crippen LogP contribution in [0.3, 0.4) is 0 Å². The molecule has 0 aliphatic heterocycles. The molecule has 0 spiro atoms. The van der Waals surface area contributed by atoms with Gasteiger partial charge in [-0.1, -0.05) is 5.57 Å². The highest BCUT2D eigenvalue weighted by Gasteiger charge is 2.13. The van der Waals surface area contributed by atoms with E-state index in [0.717, 1.165) is 5.57 Å². The third-order valence-corrected chi connectivity index (χ3v) is 1.60. The van der Waals surface area contributed by atoms with Crippen molar-refractivity contribution < 1.29 is 4.92 Å². The average molecular weight is 198 g/mol. The molecule has 0 fully saturated rings. The SMILES string of the molecule is CC(C)=Cc1ncc([N+](=O)[O-])n1C.N. The Hall–Kier alpha value is -1.69. The molecule has 3 N–H and O–H groups in total. The fourth-order valence-corrected chi connectivity index (χ4v) is 0.976. The zero-order valence-corrected chi connectivity index (χ0v) is 8.52. The molecule has 1 rings (SSSR count). The highest BCUT2D eigenvalue weighted by Crippen LogP contribution is 2.13. The zero-order valence-electron chi connectivity index (χ0n) is 8.52. The lowest BCUT2D eigenvalue weighted by atomic mass is 10.3. The normalized spacial score (nSPS) is 9.07. The van der Waals surface area contributed by atoms with Gasteiger partial charge in [0.05, 0.1) is 7.05 Å². The van der Waals surface area contributed by atoms with Gasteiger partial charge < -0.3 is 16.3 Å². The highest BCUT2D eigenvalue weighted by atomic mass is 16.6. The standard InChI is InChI=1S/C8H11N3O2.H3N/c1-6(2)4-7-9-5-8(10(7)3)11(12)13;/h4-5H,1-3H3;1H3. The fourth-order valence-electron chi connectivity index (χ4n) is 0.976. The smallest absolute Gasteiger partial charge is 0.342 e. The molecule has 0 unspecified atom stereocenters. The Morgan fingerprint density at radius 2 is 2.21 bits per heavy atom. The summed E-state index contributed by atoms with van der Waals surface area (Å²) in [5.74, 6) is 0.610. The van der Waals surface area contributed by atoms with Gasteiger partial charge in [-0.3, -0.25) is 0 Å². The van der Waals surface area contributed by atoms with E-state index in [0.29, 0.717) is 5.82 Å². The van der Waals surface area contributed by atoms with Crippen LogP contribution in [-0.4, -0.2) is 14.5 Å². The van der Waals surface area contributed by atoms with Crippen molar-refractivity contribution in [2.24, 2.45) is 7.05 Å². The van der Waals surface area contributed by atoms with E-state index in [1.165, 1.54) is 10.8 Å². The molecule has 0 saturated carbocycles. The summed E-state index contributed by atoms with van der Waals surface area (Å²) in [6, 6.07) is 0. The van der Waals surface area contributed by atoms with E-state index in [2.05, 4.69) is 4.98 Å². The van der Waals surface area contributed by atoms with Crippen LogP contribution >= 0.6 is 0 Å². The lowest BCUT2D eigenvalue weighted by molar-refractivity contribution is -0.391. The maximum Gasteiger partial charge on any atom is 0.342 e. The van der Waals surface area contributed by atoms with Crippen molar-refractivity contribution in [1.29, 1.82) is 0 Å². The maximum atomic E-state index is 10.4. The van der Waals surface area contributed by atoms with Gasteiger partial charge in [0, 0.05) is 6.08 Å². The number of aromatic nitrogens is 2. The maximum absolute atomic E-state index is 10.4. The van der Waals surface area contributed by atoms with Crippen LogP contribution in [0.2, 0.25) is 0 Å². The topological polar surface area (TPSA) is 96.0 Å². The van der Waals surface area contributed by atoms with Crippen LogP contribution in [0.4, 0.5) is 5.82 Å². The van der Waals surface area contributed by atoms with E-state index >= 15 is 0 Å². The Labute approximate surface area is 82.0 Å². The number of nitrogens with zero attached hydrogens (tertiary/aromatic N) is 3. The van der Waals surface area contributed by atoms with Gasteiger partial charge in [0.15, 0.2) is 0 Å². The summed E-state index contributed by atoms with van der Waals surface area (Å²) in [5.41, 5.74) is 1.06. The van der Waals surface area contributed by atoms with E-state index in [-0.39, 0.29) is 12.0 Å². The molecular weight excluding hydrogens is 184 g/mol. The molecule has 0 aliphatic carbocycles. The quantitative estimate of drug-likeness (QED) is 0.579. The summed E-state index contributed by atoms with van der Waals surface area (Å²) >= 11 is 0. The van der Waals surface area contributed by atoms with Crippen molar-refractivity contribution in [2.75, 3.05) is 0 Å². The predicted octanol–water partition coefficient (Wildman–Crippen LogP) is 1.91.